The van der Waals surface area contributed by atoms with E-state index in [-0.39, 0.29) is 12.6 Å². The molecule has 94 valence electrons. The third-order valence-corrected chi connectivity index (χ3v) is 3.43. The lowest BCUT2D eigenvalue weighted by Gasteiger charge is -2.38. The molecule has 4 heteroatoms. The molecule has 0 radical (unpaired) electrons. The molecule has 0 bridgehead atoms. The number of pyridine rings is 1. The summed E-state index contributed by atoms with van der Waals surface area (Å²) in [5.74, 6) is 0. The highest BCUT2D eigenvalue weighted by Gasteiger charge is 2.24. The summed E-state index contributed by atoms with van der Waals surface area (Å²) in [5, 5.41) is 9.13. The molecule has 1 fully saturated rings. The van der Waals surface area contributed by atoms with Crippen LogP contribution in [0.5, 0.6) is 0 Å². The second kappa shape index (κ2) is 5.47. The Morgan fingerprint density at radius 1 is 1.53 bits per heavy atom. The van der Waals surface area contributed by atoms with Crippen molar-refractivity contribution in [2.24, 2.45) is 5.73 Å². The third-order valence-electron chi connectivity index (χ3n) is 3.43. The maximum atomic E-state index is 9.13. The van der Waals surface area contributed by atoms with E-state index in [1.165, 1.54) is 19.3 Å². The number of nitrogens with two attached hydrogens (primary N) is 1. The van der Waals surface area contributed by atoms with Crippen LogP contribution in [0.25, 0.3) is 0 Å². The van der Waals surface area contributed by atoms with Gasteiger partial charge in [0.05, 0.1) is 24.2 Å². The third kappa shape index (κ3) is 2.76. The number of hydrogen-bond acceptors (Lipinski definition) is 4. The maximum Gasteiger partial charge on any atom is 0.0606 e. The Morgan fingerprint density at radius 3 is 2.71 bits per heavy atom. The standard InChI is InChI=1S/C13H21N3O/c1-10(14)13-6-5-12(9-15-13)16(7-8-17)11-3-2-4-11/h5-6,9-11,17H,2-4,7-8,14H2,1H3/t10-/m0/s1. The summed E-state index contributed by atoms with van der Waals surface area (Å²) in [6.07, 6.45) is 5.59. The summed E-state index contributed by atoms with van der Waals surface area (Å²) in [6.45, 7) is 2.80. The van der Waals surface area contributed by atoms with Crippen LogP contribution in [-0.2, 0) is 0 Å². The lowest BCUT2D eigenvalue weighted by molar-refractivity contribution is 0.283. The lowest BCUT2D eigenvalue weighted by Crippen LogP contribution is -2.42. The number of aliphatic hydroxyl groups excluding tert-OH is 1. The van der Waals surface area contributed by atoms with E-state index in [2.05, 4.69) is 16.0 Å². The van der Waals surface area contributed by atoms with E-state index in [0.717, 1.165) is 11.4 Å². The van der Waals surface area contributed by atoms with E-state index in [9.17, 15) is 0 Å². The molecule has 17 heavy (non-hydrogen) atoms. The molecule has 1 aromatic heterocycles. The van der Waals surface area contributed by atoms with Gasteiger partial charge in [0.2, 0.25) is 0 Å². The van der Waals surface area contributed by atoms with Crippen molar-refractivity contribution < 1.29 is 5.11 Å². The smallest absolute Gasteiger partial charge is 0.0606 e. The minimum Gasteiger partial charge on any atom is -0.395 e. The lowest BCUT2D eigenvalue weighted by atomic mass is 9.91. The summed E-state index contributed by atoms with van der Waals surface area (Å²) >= 11 is 0. The van der Waals surface area contributed by atoms with Crippen LogP contribution in [0.4, 0.5) is 5.69 Å². The topological polar surface area (TPSA) is 62.4 Å². The molecule has 1 aliphatic rings. The first-order valence-corrected chi connectivity index (χ1v) is 6.31. The van der Waals surface area contributed by atoms with E-state index in [1.807, 2.05) is 19.2 Å². The molecule has 0 unspecified atom stereocenters. The second-order valence-corrected chi connectivity index (χ2v) is 4.73. The van der Waals surface area contributed by atoms with Crippen LogP contribution >= 0.6 is 0 Å². The van der Waals surface area contributed by atoms with Crippen LogP contribution in [0, 0.1) is 0 Å². The van der Waals surface area contributed by atoms with Gasteiger partial charge in [0.15, 0.2) is 0 Å². The fourth-order valence-electron chi connectivity index (χ4n) is 2.17. The highest BCUT2D eigenvalue weighted by Crippen LogP contribution is 2.29. The molecule has 1 saturated carbocycles. The number of aromatic nitrogens is 1. The summed E-state index contributed by atoms with van der Waals surface area (Å²) in [4.78, 5) is 6.63. The van der Waals surface area contributed by atoms with Crippen molar-refractivity contribution in [3.63, 3.8) is 0 Å². The normalized spacial score (nSPS) is 17.6. The first-order valence-electron chi connectivity index (χ1n) is 6.31. The van der Waals surface area contributed by atoms with Gasteiger partial charge in [-0.15, -0.1) is 0 Å². The average molecular weight is 235 g/mol. The molecule has 0 amide bonds. The first kappa shape index (κ1) is 12.3. The molecule has 1 aliphatic carbocycles. The molecule has 4 nitrogen and oxygen atoms in total. The van der Waals surface area contributed by atoms with Crippen molar-refractivity contribution in [3.05, 3.63) is 24.0 Å². The highest BCUT2D eigenvalue weighted by molar-refractivity contribution is 5.46. The molecule has 1 heterocycles. The van der Waals surface area contributed by atoms with Crippen LogP contribution in [0.3, 0.4) is 0 Å². The van der Waals surface area contributed by atoms with Crippen molar-refractivity contribution in [1.82, 2.24) is 4.98 Å². The number of anilines is 1. The Hall–Kier alpha value is -1.13. The van der Waals surface area contributed by atoms with Crippen LogP contribution in [0.2, 0.25) is 0 Å². The summed E-state index contributed by atoms with van der Waals surface area (Å²) in [7, 11) is 0. The van der Waals surface area contributed by atoms with E-state index in [0.29, 0.717) is 12.6 Å². The second-order valence-electron chi connectivity index (χ2n) is 4.73. The summed E-state index contributed by atoms with van der Waals surface area (Å²) in [5.41, 5.74) is 7.78. The van der Waals surface area contributed by atoms with E-state index < -0.39 is 0 Å². The van der Waals surface area contributed by atoms with Gasteiger partial charge < -0.3 is 15.7 Å². The average Bonchev–Trinajstić information content (AvgIpc) is 2.26. The summed E-state index contributed by atoms with van der Waals surface area (Å²) < 4.78 is 0. The number of aliphatic hydroxyl groups is 1. The highest BCUT2D eigenvalue weighted by atomic mass is 16.3. The van der Waals surface area contributed by atoms with E-state index in [4.69, 9.17) is 10.8 Å². The van der Waals surface area contributed by atoms with Gasteiger partial charge in [0.25, 0.3) is 0 Å². The fourth-order valence-corrected chi connectivity index (χ4v) is 2.17. The predicted octanol–water partition coefficient (Wildman–Crippen LogP) is 1.45. The fraction of sp³-hybridized carbons (Fsp3) is 0.615. The first-order chi connectivity index (χ1) is 8.22. The van der Waals surface area contributed by atoms with Crippen molar-refractivity contribution in [2.75, 3.05) is 18.1 Å². The van der Waals surface area contributed by atoms with Gasteiger partial charge >= 0.3 is 0 Å². The van der Waals surface area contributed by atoms with Crippen molar-refractivity contribution in [1.29, 1.82) is 0 Å². The molecular weight excluding hydrogens is 214 g/mol. The largest absolute Gasteiger partial charge is 0.395 e. The number of rotatable bonds is 5. The zero-order chi connectivity index (χ0) is 12.3. The van der Waals surface area contributed by atoms with Crippen LogP contribution in [-0.4, -0.2) is 29.3 Å². The molecule has 0 saturated heterocycles. The van der Waals surface area contributed by atoms with Crippen molar-refractivity contribution >= 4 is 5.69 Å². The predicted molar refractivity (Wildman–Crippen MR) is 68.9 cm³/mol. The maximum absolute atomic E-state index is 9.13. The van der Waals surface area contributed by atoms with Gasteiger partial charge in [-0.1, -0.05) is 0 Å². The molecule has 1 aromatic rings. The van der Waals surface area contributed by atoms with Crippen LogP contribution < -0.4 is 10.6 Å². The minimum atomic E-state index is -0.0287. The van der Waals surface area contributed by atoms with Gasteiger partial charge in [0.1, 0.15) is 0 Å². The van der Waals surface area contributed by atoms with Gasteiger partial charge in [0, 0.05) is 18.6 Å². The van der Waals surface area contributed by atoms with Crippen molar-refractivity contribution in [3.8, 4) is 0 Å². The zero-order valence-corrected chi connectivity index (χ0v) is 10.3. The van der Waals surface area contributed by atoms with Gasteiger partial charge in [-0.25, -0.2) is 0 Å². The van der Waals surface area contributed by atoms with Crippen LogP contribution in [0.15, 0.2) is 18.3 Å². The molecule has 1 atom stereocenters. The van der Waals surface area contributed by atoms with Crippen LogP contribution in [0.1, 0.15) is 37.9 Å². The quantitative estimate of drug-likeness (QED) is 0.811. The minimum absolute atomic E-state index is 0.0287. The Balaban J connectivity index is 2.11. The van der Waals surface area contributed by atoms with Crippen molar-refractivity contribution in [2.45, 2.75) is 38.3 Å². The Kier molecular flexibility index (Phi) is 3.97. The molecule has 0 aliphatic heterocycles. The Labute approximate surface area is 102 Å². The molecule has 0 spiro atoms. The Morgan fingerprint density at radius 2 is 2.29 bits per heavy atom. The van der Waals surface area contributed by atoms with Gasteiger partial charge in [-0.3, -0.25) is 4.98 Å². The molecular formula is C13H21N3O. The SMILES string of the molecule is C[C@H](N)c1ccc(N(CCO)C2CCC2)cn1. The summed E-state index contributed by atoms with van der Waals surface area (Å²) in [6, 6.07) is 4.58. The van der Waals surface area contributed by atoms with Gasteiger partial charge in [-0.05, 0) is 38.3 Å². The molecule has 0 aromatic carbocycles. The number of nitrogens with zero attached hydrogens (tertiary/aromatic N) is 2. The number of hydrogen-bond donors (Lipinski definition) is 2. The molecule has 3 N–H and O–H groups in total. The van der Waals surface area contributed by atoms with E-state index in [1.54, 1.807) is 0 Å². The van der Waals surface area contributed by atoms with Gasteiger partial charge in [-0.2, -0.15) is 0 Å². The molecule has 2 rings (SSSR count). The van der Waals surface area contributed by atoms with E-state index >= 15 is 0 Å². The monoisotopic (exact) mass is 235 g/mol. The zero-order valence-electron chi connectivity index (χ0n) is 10.3. The Bertz CT molecular complexity index is 346.